The Hall–Kier alpha value is -2.95. The maximum Gasteiger partial charge on any atom is 0.247 e. The van der Waals surface area contributed by atoms with Gasteiger partial charge < -0.3 is 9.73 Å². The molecule has 0 atom stereocenters. The smallest absolute Gasteiger partial charge is 0.247 e. The molecule has 0 spiro atoms. The van der Waals surface area contributed by atoms with Crippen molar-refractivity contribution in [2.24, 2.45) is 5.92 Å². The van der Waals surface area contributed by atoms with Crippen LogP contribution in [0.25, 0.3) is 11.5 Å². The van der Waals surface area contributed by atoms with E-state index in [0.29, 0.717) is 18.2 Å². The Kier molecular flexibility index (Phi) is 6.66. The predicted molar refractivity (Wildman–Crippen MR) is 137 cm³/mol. The van der Waals surface area contributed by atoms with Crippen molar-refractivity contribution in [2.45, 2.75) is 84.5 Å². The molecule has 1 saturated carbocycles. The van der Waals surface area contributed by atoms with E-state index in [1.807, 2.05) is 12.1 Å². The van der Waals surface area contributed by atoms with Crippen LogP contribution in [0.3, 0.4) is 0 Å². The monoisotopic (exact) mass is 459 g/mol. The molecule has 1 heterocycles. The third-order valence-corrected chi connectivity index (χ3v) is 6.70. The molecular formula is C29H37N3O2. The van der Waals surface area contributed by atoms with Crippen LogP contribution in [-0.4, -0.2) is 16.1 Å². The van der Waals surface area contributed by atoms with Crippen LogP contribution in [0.1, 0.15) is 83.4 Å². The third kappa shape index (κ3) is 5.75. The second-order valence-electron chi connectivity index (χ2n) is 11.6. The first-order chi connectivity index (χ1) is 16.0. The summed E-state index contributed by atoms with van der Waals surface area (Å²) in [6.07, 6.45) is 4.65. The first-order valence-corrected chi connectivity index (χ1v) is 12.4. The fourth-order valence-corrected chi connectivity index (χ4v) is 4.01. The number of nitrogens with zero attached hydrogens (tertiary/aromatic N) is 2. The van der Waals surface area contributed by atoms with E-state index in [0.717, 1.165) is 36.9 Å². The van der Waals surface area contributed by atoms with Crippen molar-refractivity contribution >= 4 is 11.6 Å². The van der Waals surface area contributed by atoms with Gasteiger partial charge in [0.05, 0.1) is 0 Å². The highest BCUT2D eigenvalue weighted by Gasteiger charge is 2.25. The van der Waals surface area contributed by atoms with E-state index in [-0.39, 0.29) is 22.7 Å². The van der Waals surface area contributed by atoms with Crippen LogP contribution in [0.4, 0.5) is 5.69 Å². The molecule has 0 bridgehead atoms. The summed E-state index contributed by atoms with van der Waals surface area (Å²) in [5.74, 6) is 1.54. The number of carbonyl (C=O) groups is 1. The zero-order valence-electron chi connectivity index (χ0n) is 21.4. The number of benzene rings is 2. The lowest BCUT2D eigenvalue weighted by Crippen LogP contribution is -2.27. The van der Waals surface area contributed by atoms with Gasteiger partial charge in [0.2, 0.25) is 17.7 Å². The summed E-state index contributed by atoms with van der Waals surface area (Å²) in [4.78, 5) is 12.1. The minimum absolute atomic E-state index is 0.0301. The molecule has 1 aliphatic rings. The minimum Gasteiger partial charge on any atom is -0.421 e. The molecule has 3 aromatic rings. The van der Waals surface area contributed by atoms with Crippen molar-refractivity contribution in [3.8, 4) is 11.5 Å². The number of nitrogens with one attached hydrogen (secondary N) is 1. The molecule has 0 unspecified atom stereocenters. The lowest BCUT2D eigenvalue weighted by molar-refractivity contribution is -0.122. The molecule has 5 nitrogen and oxygen atoms in total. The Morgan fingerprint density at radius 2 is 1.53 bits per heavy atom. The summed E-state index contributed by atoms with van der Waals surface area (Å²) < 4.78 is 6.07. The van der Waals surface area contributed by atoms with Crippen molar-refractivity contribution in [1.29, 1.82) is 0 Å². The standard InChI is InChI=1S/C29H37N3O2/c1-28(2,3)22-16-21(17-23(18-22)29(4,5)6)27-32-31-25(34-27)15-12-19-10-13-24(14-11-19)30-26(33)20-8-7-9-20/h10-11,13-14,16-18,20H,7-9,12,15H2,1-6H3,(H,30,33). The highest BCUT2D eigenvalue weighted by Crippen LogP contribution is 2.33. The average molecular weight is 460 g/mol. The van der Waals surface area contributed by atoms with Crippen LogP contribution < -0.4 is 5.32 Å². The van der Waals surface area contributed by atoms with E-state index >= 15 is 0 Å². The molecular weight excluding hydrogens is 422 g/mol. The maximum atomic E-state index is 12.1. The molecule has 0 saturated heterocycles. The number of aromatic nitrogens is 2. The number of hydrogen-bond donors (Lipinski definition) is 1. The van der Waals surface area contributed by atoms with Gasteiger partial charge in [-0.3, -0.25) is 4.79 Å². The van der Waals surface area contributed by atoms with Crippen LogP contribution >= 0.6 is 0 Å². The van der Waals surface area contributed by atoms with Crippen molar-refractivity contribution in [1.82, 2.24) is 10.2 Å². The van der Waals surface area contributed by atoms with E-state index in [4.69, 9.17) is 4.42 Å². The molecule has 1 fully saturated rings. The van der Waals surface area contributed by atoms with Gasteiger partial charge in [-0.2, -0.15) is 0 Å². The Labute approximate surface area is 203 Å². The van der Waals surface area contributed by atoms with Crippen molar-refractivity contribution in [2.75, 3.05) is 5.32 Å². The zero-order valence-corrected chi connectivity index (χ0v) is 21.4. The van der Waals surface area contributed by atoms with Crippen molar-refractivity contribution < 1.29 is 9.21 Å². The topological polar surface area (TPSA) is 68.0 Å². The molecule has 2 aromatic carbocycles. The average Bonchev–Trinajstić information content (AvgIpc) is 3.19. The van der Waals surface area contributed by atoms with Gasteiger partial charge in [-0.15, -0.1) is 10.2 Å². The first-order valence-electron chi connectivity index (χ1n) is 12.4. The second kappa shape index (κ2) is 9.36. The van der Waals surface area contributed by atoms with Crippen LogP contribution in [0.2, 0.25) is 0 Å². The summed E-state index contributed by atoms with van der Waals surface area (Å²) in [7, 11) is 0. The van der Waals surface area contributed by atoms with Gasteiger partial charge in [-0.25, -0.2) is 0 Å². The molecule has 34 heavy (non-hydrogen) atoms. The van der Waals surface area contributed by atoms with Crippen LogP contribution in [0, 0.1) is 5.92 Å². The van der Waals surface area contributed by atoms with Gasteiger partial charge in [-0.05, 0) is 71.0 Å². The predicted octanol–water partition coefficient (Wildman–Crippen LogP) is 6.86. The van der Waals surface area contributed by atoms with Crippen molar-refractivity contribution in [3.63, 3.8) is 0 Å². The summed E-state index contributed by atoms with van der Waals surface area (Å²) in [5.41, 5.74) is 5.59. The molecule has 1 amide bonds. The van der Waals surface area contributed by atoms with Crippen LogP contribution in [-0.2, 0) is 28.5 Å². The van der Waals surface area contributed by atoms with Gasteiger partial charge in [-0.1, -0.05) is 66.2 Å². The van der Waals surface area contributed by atoms with E-state index in [1.165, 1.54) is 16.7 Å². The summed E-state index contributed by atoms with van der Waals surface area (Å²) in [6, 6.07) is 14.7. The highest BCUT2D eigenvalue weighted by atomic mass is 16.4. The molecule has 0 aliphatic heterocycles. The molecule has 1 aliphatic carbocycles. The maximum absolute atomic E-state index is 12.1. The summed E-state index contributed by atoms with van der Waals surface area (Å²) in [5, 5.41) is 11.7. The first kappa shape index (κ1) is 24.2. The molecule has 1 aromatic heterocycles. The van der Waals surface area contributed by atoms with Gasteiger partial charge in [0, 0.05) is 23.6 Å². The Balaban J connectivity index is 1.43. The number of hydrogen-bond acceptors (Lipinski definition) is 4. The van der Waals surface area contributed by atoms with Gasteiger partial charge in [0.15, 0.2) is 0 Å². The van der Waals surface area contributed by atoms with Gasteiger partial charge in [0.1, 0.15) is 0 Å². The Morgan fingerprint density at radius 3 is 2.06 bits per heavy atom. The largest absolute Gasteiger partial charge is 0.421 e. The molecule has 5 heteroatoms. The summed E-state index contributed by atoms with van der Waals surface area (Å²) in [6.45, 7) is 13.3. The Bertz CT molecular complexity index is 1110. The third-order valence-electron chi connectivity index (χ3n) is 6.70. The number of rotatable bonds is 6. The molecule has 1 N–H and O–H groups in total. The van der Waals surface area contributed by atoms with E-state index in [9.17, 15) is 4.79 Å². The number of anilines is 1. The molecule has 0 radical (unpaired) electrons. The lowest BCUT2D eigenvalue weighted by atomic mass is 9.79. The fourth-order valence-electron chi connectivity index (χ4n) is 4.01. The fraction of sp³-hybridized carbons (Fsp3) is 0.483. The molecule has 4 rings (SSSR count). The van der Waals surface area contributed by atoms with Crippen molar-refractivity contribution in [3.05, 3.63) is 65.0 Å². The zero-order chi connectivity index (χ0) is 24.5. The second-order valence-corrected chi connectivity index (χ2v) is 11.6. The van der Waals surface area contributed by atoms with Gasteiger partial charge in [0.25, 0.3) is 0 Å². The SMILES string of the molecule is CC(C)(C)c1cc(-c2nnc(CCc3ccc(NC(=O)C4CCC4)cc3)o2)cc(C(C)(C)C)c1. The number of carbonyl (C=O) groups excluding carboxylic acids is 1. The number of aryl methyl sites for hydroxylation is 2. The molecule has 180 valence electrons. The quantitative estimate of drug-likeness (QED) is 0.437. The lowest BCUT2D eigenvalue weighted by Gasteiger charge is -2.25. The Morgan fingerprint density at radius 1 is 0.912 bits per heavy atom. The summed E-state index contributed by atoms with van der Waals surface area (Å²) >= 11 is 0. The van der Waals surface area contributed by atoms with E-state index in [2.05, 4.69) is 87.4 Å². The van der Waals surface area contributed by atoms with Crippen LogP contribution in [0.5, 0.6) is 0 Å². The number of amides is 1. The van der Waals surface area contributed by atoms with Crippen LogP contribution in [0.15, 0.2) is 46.9 Å². The van der Waals surface area contributed by atoms with E-state index < -0.39 is 0 Å². The minimum atomic E-state index is 0.0301. The van der Waals surface area contributed by atoms with Gasteiger partial charge >= 0.3 is 0 Å². The van der Waals surface area contributed by atoms with E-state index in [1.54, 1.807) is 0 Å². The highest BCUT2D eigenvalue weighted by molar-refractivity contribution is 5.93. The normalized spacial score (nSPS) is 14.6.